The van der Waals surface area contributed by atoms with Gasteiger partial charge >= 0.3 is 0 Å². The number of aliphatic hydroxyl groups is 1. The number of sulfone groups is 1. The minimum absolute atomic E-state index is 0.0459. The van der Waals surface area contributed by atoms with Crippen molar-refractivity contribution >= 4 is 9.84 Å². The zero-order valence-electron chi connectivity index (χ0n) is 9.44. The molecule has 0 aromatic rings. The van der Waals surface area contributed by atoms with Gasteiger partial charge in [0.1, 0.15) is 0 Å². The van der Waals surface area contributed by atoms with E-state index in [-0.39, 0.29) is 30.7 Å². The molecular formula is C10H21NO3S. The topological polar surface area (TPSA) is 80.4 Å². The number of rotatable bonds is 4. The molecule has 0 heterocycles. The van der Waals surface area contributed by atoms with Gasteiger partial charge in [0.05, 0.1) is 4.75 Å². The van der Waals surface area contributed by atoms with Crippen LogP contribution < -0.4 is 5.73 Å². The first-order valence-electron chi connectivity index (χ1n) is 5.46. The van der Waals surface area contributed by atoms with E-state index in [9.17, 15) is 8.42 Å². The lowest BCUT2D eigenvalue weighted by Gasteiger charge is -2.31. The smallest absolute Gasteiger partial charge is 0.157 e. The summed E-state index contributed by atoms with van der Waals surface area (Å²) in [6.45, 7) is 3.81. The Hall–Kier alpha value is -0.130. The van der Waals surface area contributed by atoms with E-state index in [1.165, 1.54) is 0 Å². The summed E-state index contributed by atoms with van der Waals surface area (Å²) >= 11 is 0. The number of hydrogen-bond donors (Lipinski definition) is 2. The normalized spacial score (nSPS) is 37.1. The summed E-state index contributed by atoms with van der Waals surface area (Å²) in [5.41, 5.74) is 5.68. The summed E-state index contributed by atoms with van der Waals surface area (Å²) in [6.07, 6.45) is 1.27. The van der Waals surface area contributed by atoms with E-state index in [2.05, 4.69) is 0 Å². The lowest BCUT2D eigenvalue weighted by Crippen LogP contribution is -2.48. The van der Waals surface area contributed by atoms with E-state index in [1.807, 2.05) is 6.92 Å². The highest BCUT2D eigenvalue weighted by Crippen LogP contribution is 2.44. The van der Waals surface area contributed by atoms with Gasteiger partial charge in [-0.05, 0) is 24.7 Å². The summed E-state index contributed by atoms with van der Waals surface area (Å²) in [7, 11) is -3.14. The molecule has 1 saturated carbocycles. The van der Waals surface area contributed by atoms with E-state index >= 15 is 0 Å². The molecule has 0 aromatic carbocycles. The van der Waals surface area contributed by atoms with Crippen LogP contribution in [0.3, 0.4) is 0 Å². The van der Waals surface area contributed by atoms with Crippen LogP contribution >= 0.6 is 0 Å². The Morgan fingerprint density at radius 1 is 1.53 bits per heavy atom. The fourth-order valence-corrected chi connectivity index (χ4v) is 4.79. The average molecular weight is 235 g/mol. The third-order valence-corrected chi connectivity index (χ3v) is 6.56. The fourth-order valence-electron chi connectivity index (χ4n) is 2.76. The van der Waals surface area contributed by atoms with Crippen molar-refractivity contribution in [3.63, 3.8) is 0 Å². The molecule has 1 aliphatic rings. The van der Waals surface area contributed by atoms with Gasteiger partial charge in [0.2, 0.25) is 0 Å². The first-order valence-corrected chi connectivity index (χ1v) is 7.12. The van der Waals surface area contributed by atoms with E-state index in [1.54, 1.807) is 6.92 Å². The Balaban J connectivity index is 3.06. The number of nitrogens with two attached hydrogens (primary N) is 1. The summed E-state index contributed by atoms with van der Waals surface area (Å²) in [4.78, 5) is 0. The molecule has 0 amide bonds. The number of hydrogen-bond acceptors (Lipinski definition) is 4. The van der Waals surface area contributed by atoms with Gasteiger partial charge in [-0.2, -0.15) is 0 Å². The third kappa shape index (κ3) is 1.92. The van der Waals surface area contributed by atoms with Crippen molar-refractivity contribution in [2.24, 2.45) is 17.6 Å². The van der Waals surface area contributed by atoms with Crippen molar-refractivity contribution in [2.45, 2.75) is 31.4 Å². The van der Waals surface area contributed by atoms with E-state index in [4.69, 9.17) is 10.8 Å². The van der Waals surface area contributed by atoms with Crippen molar-refractivity contribution in [3.8, 4) is 0 Å². The molecular weight excluding hydrogens is 214 g/mol. The Labute approximate surface area is 91.8 Å². The molecule has 0 aliphatic heterocycles. The fraction of sp³-hybridized carbons (Fsp3) is 1.00. The molecule has 4 nitrogen and oxygen atoms in total. The lowest BCUT2D eigenvalue weighted by atomic mass is 9.97. The molecule has 15 heavy (non-hydrogen) atoms. The molecule has 3 atom stereocenters. The van der Waals surface area contributed by atoms with Crippen LogP contribution in [0, 0.1) is 11.8 Å². The molecule has 3 unspecified atom stereocenters. The zero-order valence-corrected chi connectivity index (χ0v) is 10.3. The third-order valence-electron chi connectivity index (χ3n) is 3.82. The highest BCUT2D eigenvalue weighted by molar-refractivity contribution is 7.92. The first kappa shape index (κ1) is 12.9. The molecule has 90 valence electrons. The van der Waals surface area contributed by atoms with Crippen molar-refractivity contribution in [2.75, 3.05) is 18.9 Å². The van der Waals surface area contributed by atoms with Gasteiger partial charge in [-0.25, -0.2) is 8.42 Å². The van der Waals surface area contributed by atoms with Gasteiger partial charge < -0.3 is 10.8 Å². The highest BCUT2D eigenvalue weighted by atomic mass is 32.2. The van der Waals surface area contributed by atoms with Crippen LogP contribution in [0.15, 0.2) is 0 Å². The minimum Gasteiger partial charge on any atom is -0.396 e. The van der Waals surface area contributed by atoms with E-state index in [0.29, 0.717) is 6.42 Å². The largest absolute Gasteiger partial charge is 0.396 e. The highest BCUT2D eigenvalue weighted by Gasteiger charge is 2.52. The van der Waals surface area contributed by atoms with Gasteiger partial charge in [-0.15, -0.1) is 0 Å². The molecule has 0 aromatic heterocycles. The molecule has 0 radical (unpaired) electrons. The van der Waals surface area contributed by atoms with Crippen LogP contribution in [0.2, 0.25) is 0 Å². The van der Waals surface area contributed by atoms with Crippen LogP contribution in [0.25, 0.3) is 0 Å². The van der Waals surface area contributed by atoms with Crippen LogP contribution in [0.5, 0.6) is 0 Å². The van der Waals surface area contributed by atoms with Crippen molar-refractivity contribution in [1.29, 1.82) is 0 Å². The monoisotopic (exact) mass is 235 g/mol. The molecule has 0 bridgehead atoms. The summed E-state index contributed by atoms with van der Waals surface area (Å²) in [5.74, 6) is 0.265. The Morgan fingerprint density at radius 3 is 2.47 bits per heavy atom. The first-order chi connectivity index (χ1) is 6.93. The summed E-state index contributed by atoms with van der Waals surface area (Å²) in [5, 5.41) is 9.11. The van der Waals surface area contributed by atoms with E-state index in [0.717, 1.165) is 6.42 Å². The molecule has 5 heteroatoms. The zero-order chi connectivity index (χ0) is 11.7. The second kappa shape index (κ2) is 4.39. The minimum atomic E-state index is -3.14. The van der Waals surface area contributed by atoms with Crippen LogP contribution in [-0.2, 0) is 9.84 Å². The molecule has 1 rings (SSSR count). The van der Waals surface area contributed by atoms with Crippen molar-refractivity contribution in [3.05, 3.63) is 0 Å². The van der Waals surface area contributed by atoms with Crippen molar-refractivity contribution in [1.82, 2.24) is 0 Å². The summed E-state index contributed by atoms with van der Waals surface area (Å²) < 4.78 is 23.3. The summed E-state index contributed by atoms with van der Waals surface area (Å²) in [6, 6.07) is 0. The lowest BCUT2D eigenvalue weighted by molar-refractivity contribution is 0.226. The standard InChI is InChI=1S/C10H21NO3S/c1-3-15(13,14)10(7-11)5-9(6-12)4-8(10)2/h8-9,12H,3-7,11H2,1-2H3. The molecule has 0 spiro atoms. The molecule has 0 saturated heterocycles. The SMILES string of the molecule is CCS(=O)(=O)C1(CN)CC(CO)CC1C. The van der Waals surface area contributed by atoms with Gasteiger partial charge in [-0.3, -0.25) is 0 Å². The van der Waals surface area contributed by atoms with Gasteiger partial charge in [-0.1, -0.05) is 13.8 Å². The van der Waals surface area contributed by atoms with Gasteiger partial charge in [0, 0.05) is 18.9 Å². The second-order valence-corrected chi connectivity index (χ2v) is 7.18. The number of aliphatic hydroxyl groups excluding tert-OH is 1. The maximum absolute atomic E-state index is 12.1. The second-order valence-electron chi connectivity index (χ2n) is 4.56. The Kier molecular flexibility index (Phi) is 3.79. The van der Waals surface area contributed by atoms with Crippen molar-refractivity contribution < 1.29 is 13.5 Å². The Morgan fingerprint density at radius 2 is 2.13 bits per heavy atom. The Bertz CT molecular complexity index is 315. The average Bonchev–Trinajstić information content (AvgIpc) is 2.56. The van der Waals surface area contributed by atoms with Crippen LogP contribution in [-0.4, -0.2) is 37.2 Å². The maximum Gasteiger partial charge on any atom is 0.157 e. The molecule has 1 aliphatic carbocycles. The van der Waals surface area contributed by atoms with Gasteiger partial charge in [0.25, 0.3) is 0 Å². The van der Waals surface area contributed by atoms with Crippen LogP contribution in [0.4, 0.5) is 0 Å². The quantitative estimate of drug-likeness (QED) is 0.727. The van der Waals surface area contributed by atoms with Gasteiger partial charge in [0.15, 0.2) is 9.84 Å². The predicted molar refractivity (Wildman–Crippen MR) is 60.2 cm³/mol. The predicted octanol–water partition coefficient (Wildman–Crippen LogP) is 0.157. The maximum atomic E-state index is 12.1. The van der Waals surface area contributed by atoms with Crippen LogP contribution in [0.1, 0.15) is 26.7 Å². The van der Waals surface area contributed by atoms with E-state index < -0.39 is 14.6 Å². The molecule has 3 N–H and O–H groups in total. The molecule has 1 fully saturated rings.